The number of nitrogens with zero attached hydrogens (tertiary/aromatic N) is 4. The number of ether oxygens (including phenoxy) is 2. The average molecular weight is 344 g/mol. The van der Waals surface area contributed by atoms with Gasteiger partial charge in [-0.15, -0.1) is 0 Å². The molecule has 1 N–H and O–H groups in total. The minimum atomic E-state index is 0.516. The summed E-state index contributed by atoms with van der Waals surface area (Å²) in [5.74, 6) is 2.73. The van der Waals surface area contributed by atoms with Gasteiger partial charge in [-0.3, -0.25) is 4.57 Å². The molecule has 3 heterocycles. The zero-order valence-corrected chi connectivity index (χ0v) is 13.4. The van der Waals surface area contributed by atoms with Crippen molar-refractivity contribution in [1.82, 2.24) is 19.5 Å². The first-order valence-electron chi connectivity index (χ1n) is 7.42. The molecule has 7 nitrogen and oxygen atoms in total. The monoisotopic (exact) mass is 343 g/mol. The van der Waals surface area contributed by atoms with Crippen LogP contribution in [0.5, 0.6) is 11.5 Å². The first kappa shape index (κ1) is 14.8. The normalized spacial score (nSPS) is 12.9. The summed E-state index contributed by atoms with van der Waals surface area (Å²) in [6, 6.07) is 5.63. The molecule has 0 atom stereocenters. The van der Waals surface area contributed by atoms with Crippen LogP contribution in [0.3, 0.4) is 0 Å². The summed E-state index contributed by atoms with van der Waals surface area (Å²) >= 11 is 6.25. The minimum Gasteiger partial charge on any atom is -0.486 e. The predicted octanol–water partition coefficient (Wildman–Crippen LogP) is 2.70. The second-order valence-corrected chi connectivity index (χ2v) is 5.59. The molecule has 8 heteroatoms. The highest BCUT2D eigenvalue weighted by atomic mass is 35.5. The molecule has 3 aromatic rings. The first-order chi connectivity index (χ1) is 11.8. The van der Waals surface area contributed by atoms with Gasteiger partial charge in [0.2, 0.25) is 0 Å². The fourth-order valence-corrected chi connectivity index (χ4v) is 2.73. The number of hydrogen-bond donors (Lipinski definition) is 1. The van der Waals surface area contributed by atoms with E-state index in [2.05, 4.69) is 20.3 Å². The van der Waals surface area contributed by atoms with Crippen molar-refractivity contribution < 1.29 is 9.47 Å². The minimum absolute atomic E-state index is 0.516. The van der Waals surface area contributed by atoms with Crippen LogP contribution in [0.25, 0.3) is 5.82 Å². The second kappa shape index (κ2) is 6.37. The third-order valence-corrected chi connectivity index (χ3v) is 3.83. The molecule has 0 saturated heterocycles. The van der Waals surface area contributed by atoms with Crippen molar-refractivity contribution in [3.8, 4) is 17.3 Å². The molecule has 0 unspecified atom stereocenters. The van der Waals surface area contributed by atoms with Crippen molar-refractivity contribution in [2.24, 2.45) is 0 Å². The van der Waals surface area contributed by atoms with E-state index in [-0.39, 0.29) is 0 Å². The smallest absolute Gasteiger partial charge is 0.179 e. The number of aromatic nitrogens is 4. The number of nitrogens with one attached hydrogen (secondary N) is 1. The van der Waals surface area contributed by atoms with Gasteiger partial charge in [0.1, 0.15) is 37.5 Å². The van der Waals surface area contributed by atoms with E-state index in [4.69, 9.17) is 21.1 Å². The van der Waals surface area contributed by atoms with Gasteiger partial charge >= 0.3 is 0 Å². The Morgan fingerprint density at radius 3 is 2.96 bits per heavy atom. The summed E-state index contributed by atoms with van der Waals surface area (Å²) in [6.45, 7) is 1.60. The highest BCUT2D eigenvalue weighted by Gasteiger charge is 2.16. The highest BCUT2D eigenvalue weighted by Crippen LogP contribution is 2.38. The van der Waals surface area contributed by atoms with Gasteiger partial charge in [-0.2, -0.15) is 0 Å². The molecule has 1 aliphatic heterocycles. The molecule has 2 aromatic heterocycles. The summed E-state index contributed by atoms with van der Waals surface area (Å²) in [5, 5.41) is 3.80. The SMILES string of the molecule is Clc1cc(CNc2cc(-n3ccnc3)ncn2)cc2c1OCCO2. The van der Waals surface area contributed by atoms with Gasteiger partial charge in [0.25, 0.3) is 0 Å². The Bertz CT molecular complexity index is 854. The molecule has 0 bridgehead atoms. The van der Waals surface area contributed by atoms with E-state index >= 15 is 0 Å². The lowest BCUT2D eigenvalue weighted by Gasteiger charge is -2.20. The van der Waals surface area contributed by atoms with Crippen LogP contribution in [0.1, 0.15) is 5.56 Å². The lowest BCUT2D eigenvalue weighted by molar-refractivity contribution is 0.171. The van der Waals surface area contributed by atoms with Crippen LogP contribution in [0.15, 0.2) is 43.2 Å². The standard InChI is InChI=1S/C16H14ClN5O2/c17-12-5-11(6-13-16(12)24-4-3-23-13)8-19-14-7-15(21-9-20-14)22-2-1-18-10-22/h1-2,5-7,9-10H,3-4,8H2,(H,19,20,21). The van der Waals surface area contributed by atoms with Gasteiger partial charge in [-0.1, -0.05) is 11.6 Å². The Labute approximate surface area is 143 Å². The molecule has 0 aliphatic carbocycles. The van der Waals surface area contributed by atoms with Gasteiger partial charge in [0.05, 0.1) is 5.02 Å². The number of fused-ring (bicyclic) bond motifs is 1. The van der Waals surface area contributed by atoms with Crippen molar-refractivity contribution >= 4 is 17.4 Å². The van der Waals surface area contributed by atoms with Crippen molar-refractivity contribution in [3.05, 3.63) is 53.8 Å². The molecule has 0 spiro atoms. The van der Waals surface area contributed by atoms with Crippen LogP contribution in [0.2, 0.25) is 5.02 Å². The van der Waals surface area contributed by atoms with E-state index in [9.17, 15) is 0 Å². The fraction of sp³-hybridized carbons (Fsp3) is 0.188. The highest BCUT2D eigenvalue weighted by molar-refractivity contribution is 6.32. The maximum absolute atomic E-state index is 6.25. The van der Waals surface area contributed by atoms with Gasteiger partial charge in [-0.05, 0) is 17.7 Å². The van der Waals surface area contributed by atoms with Crippen molar-refractivity contribution in [2.75, 3.05) is 18.5 Å². The number of imidazole rings is 1. The van der Waals surface area contributed by atoms with Crippen LogP contribution < -0.4 is 14.8 Å². The quantitative estimate of drug-likeness (QED) is 0.785. The molecule has 0 amide bonds. The average Bonchev–Trinajstić information content (AvgIpc) is 3.15. The number of rotatable bonds is 4. The van der Waals surface area contributed by atoms with E-state index in [1.54, 1.807) is 12.5 Å². The topological polar surface area (TPSA) is 74.1 Å². The van der Waals surface area contributed by atoms with E-state index in [1.807, 2.05) is 29.0 Å². The van der Waals surface area contributed by atoms with Crippen molar-refractivity contribution in [3.63, 3.8) is 0 Å². The Morgan fingerprint density at radius 1 is 1.17 bits per heavy atom. The molecular weight excluding hydrogens is 330 g/mol. The van der Waals surface area contributed by atoms with E-state index in [1.165, 1.54) is 6.33 Å². The zero-order chi connectivity index (χ0) is 16.4. The summed E-state index contributed by atoms with van der Waals surface area (Å²) in [5.41, 5.74) is 0.979. The van der Waals surface area contributed by atoms with Crippen LogP contribution >= 0.6 is 11.6 Å². The Kier molecular flexibility index (Phi) is 3.92. The Morgan fingerprint density at radius 2 is 2.08 bits per heavy atom. The lowest BCUT2D eigenvalue weighted by Crippen LogP contribution is -2.16. The van der Waals surface area contributed by atoms with Crippen LogP contribution in [-0.2, 0) is 6.54 Å². The van der Waals surface area contributed by atoms with Gasteiger partial charge in [-0.25, -0.2) is 15.0 Å². The van der Waals surface area contributed by atoms with Crippen molar-refractivity contribution in [1.29, 1.82) is 0 Å². The van der Waals surface area contributed by atoms with Crippen LogP contribution in [0.4, 0.5) is 5.82 Å². The molecule has 0 radical (unpaired) electrons. The van der Waals surface area contributed by atoms with Gasteiger partial charge in [0.15, 0.2) is 11.5 Å². The fourth-order valence-electron chi connectivity index (χ4n) is 2.44. The molecule has 24 heavy (non-hydrogen) atoms. The number of benzene rings is 1. The molecule has 0 saturated carbocycles. The van der Waals surface area contributed by atoms with E-state index in [0.29, 0.717) is 42.1 Å². The van der Waals surface area contributed by atoms with Crippen molar-refractivity contribution in [2.45, 2.75) is 6.54 Å². The Balaban J connectivity index is 1.51. The lowest BCUT2D eigenvalue weighted by atomic mass is 10.2. The van der Waals surface area contributed by atoms with Gasteiger partial charge < -0.3 is 14.8 Å². The molecule has 1 aromatic carbocycles. The third kappa shape index (κ3) is 2.98. The zero-order valence-electron chi connectivity index (χ0n) is 12.6. The number of halogens is 1. The second-order valence-electron chi connectivity index (χ2n) is 5.19. The molecule has 1 aliphatic rings. The van der Waals surface area contributed by atoms with E-state index in [0.717, 1.165) is 11.4 Å². The largest absolute Gasteiger partial charge is 0.486 e. The predicted molar refractivity (Wildman–Crippen MR) is 88.9 cm³/mol. The Hall–Kier alpha value is -2.80. The van der Waals surface area contributed by atoms with E-state index < -0.39 is 0 Å². The van der Waals surface area contributed by atoms with Crippen LogP contribution in [0, 0.1) is 0 Å². The van der Waals surface area contributed by atoms with Gasteiger partial charge in [0, 0.05) is 25.0 Å². The number of hydrogen-bond acceptors (Lipinski definition) is 6. The molecule has 0 fully saturated rings. The number of anilines is 1. The van der Waals surface area contributed by atoms with Crippen LogP contribution in [-0.4, -0.2) is 32.7 Å². The molecular formula is C16H14ClN5O2. The maximum Gasteiger partial charge on any atom is 0.179 e. The first-order valence-corrected chi connectivity index (χ1v) is 7.80. The maximum atomic E-state index is 6.25. The summed E-state index contributed by atoms with van der Waals surface area (Å²) in [4.78, 5) is 12.5. The third-order valence-electron chi connectivity index (χ3n) is 3.55. The summed E-state index contributed by atoms with van der Waals surface area (Å²) in [6.07, 6.45) is 6.72. The summed E-state index contributed by atoms with van der Waals surface area (Å²) < 4.78 is 12.9. The summed E-state index contributed by atoms with van der Waals surface area (Å²) in [7, 11) is 0. The molecule has 122 valence electrons. The molecule has 4 rings (SSSR count).